The molecule has 0 spiro atoms. The van der Waals surface area contributed by atoms with Crippen LogP contribution in [-0.4, -0.2) is 14.8 Å². The Morgan fingerprint density at radius 3 is 2.86 bits per heavy atom. The highest BCUT2D eigenvalue weighted by Gasteiger charge is 2.07. The van der Waals surface area contributed by atoms with Crippen LogP contribution in [0.2, 0.25) is 5.02 Å². The van der Waals surface area contributed by atoms with E-state index < -0.39 is 5.82 Å². The summed E-state index contributed by atoms with van der Waals surface area (Å²) in [5.74, 6) is -0.330. The predicted molar refractivity (Wildman–Crippen MR) is 51.1 cm³/mol. The van der Waals surface area contributed by atoms with Gasteiger partial charge in [0.2, 0.25) is 0 Å². The van der Waals surface area contributed by atoms with Crippen LogP contribution in [-0.2, 0) is 0 Å². The highest BCUT2D eigenvalue weighted by molar-refractivity contribution is 6.30. The minimum atomic E-state index is -0.486. The Bertz CT molecular complexity index is 467. The lowest BCUT2D eigenvalue weighted by atomic mass is 10.4. The maximum absolute atomic E-state index is 13.3. The van der Waals surface area contributed by atoms with Crippen molar-refractivity contribution < 1.29 is 4.39 Å². The van der Waals surface area contributed by atoms with E-state index in [0.717, 1.165) is 5.69 Å². The quantitative estimate of drug-likeness (QED) is 0.725. The highest BCUT2D eigenvalue weighted by Crippen LogP contribution is 2.14. The lowest BCUT2D eigenvalue weighted by Gasteiger charge is -2.01. The topological polar surface area (TPSA) is 30.7 Å². The zero-order valence-electron chi connectivity index (χ0n) is 7.41. The number of hydrogen-bond donors (Lipinski definition) is 0. The second-order valence-corrected chi connectivity index (χ2v) is 3.30. The number of aromatic nitrogens is 3. The van der Waals surface area contributed by atoms with Crippen molar-refractivity contribution in [3.05, 3.63) is 41.1 Å². The van der Waals surface area contributed by atoms with Gasteiger partial charge in [0.1, 0.15) is 0 Å². The Labute approximate surface area is 85.1 Å². The molecule has 0 aliphatic carbocycles. The largest absolute Gasteiger partial charge is 0.233 e. The van der Waals surface area contributed by atoms with E-state index in [1.807, 2.05) is 6.92 Å². The van der Waals surface area contributed by atoms with Crippen molar-refractivity contribution >= 4 is 11.6 Å². The third-order valence-corrected chi connectivity index (χ3v) is 1.93. The molecule has 3 nitrogen and oxygen atoms in total. The molecule has 2 aromatic rings. The molecule has 0 bridgehead atoms. The van der Waals surface area contributed by atoms with Crippen molar-refractivity contribution in [1.29, 1.82) is 0 Å². The fraction of sp³-hybridized carbons (Fsp3) is 0.111. The van der Waals surface area contributed by atoms with Crippen molar-refractivity contribution in [3.63, 3.8) is 0 Å². The molecule has 0 aliphatic rings. The molecule has 14 heavy (non-hydrogen) atoms. The molecule has 2 heterocycles. The van der Waals surface area contributed by atoms with Crippen molar-refractivity contribution in [3.8, 4) is 5.82 Å². The summed E-state index contributed by atoms with van der Waals surface area (Å²) in [6.07, 6.45) is 3.03. The van der Waals surface area contributed by atoms with E-state index in [1.165, 1.54) is 16.9 Å². The molecule has 0 saturated carbocycles. The molecule has 0 aromatic carbocycles. The van der Waals surface area contributed by atoms with Crippen molar-refractivity contribution in [2.24, 2.45) is 0 Å². The third-order valence-electron chi connectivity index (χ3n) is 1.73. The fourth-order valence-electron chi connectivity index (χ4n) is 1.11. The average Bonchev–Trinajstić information content (AvgIpc) is 2.51. The monoisotopic (exact) mass is 211 g/mol. The van der Waals surface area contributed by atoms with Crippen LogP contribution in [0.15, 0.2) is 24.5 Å². The van der Waals surface area contributed by atoms with Gasteiger partial charge in [0, 0.05) is 12.4 Å². The Hall–Kier alpha value is -1.42. The molecule has 0 saturated heterocycles. The molecule has 0 amide bonds. The number of nitrogens with zero attached hydrogens (tertiary/aromatic N) is 3. The molecule has 2 rings (SSSR count). The minimum Gasteiger partial charge on any atom is -0.233 e. The second kappa shape index (κ2) is 3.38. The Morgan fingerprint density at radius 1 is 1.50 bits per heavy atom. The van der Waals surface area contributed by atoms with Crippen molar-refractivity contribution in [2.75, 3.05) is 0 Å². The highest BCUT2D eigenvalue weighted by atomic mass is 35.5. The maximum Gasteiger partial charge on any atom is 0.189 e. The normalized spacial score (nSPS) is 10.5. The van der Waals surface area contributed by atoms with Gasteiger partial charge in [-0.05, 0) is 19.1 Å². The van der Waals surface area contributed by atoms with Gasteiger partial charge in [-0.2, -0.15) is 5.10 Å². The summed E-state index contributed by atoms with van der Waals surface area (Å²) in [7, 11) is 0. The van der Waals surface area contributed by atoms with E-state index in [9.17, 15) is 4.39 Å². The number of aryl methyl sites for hydroxylation is 1. The molecule has 0 unspecified atom stereocenters. The van der Waals surface area contributed by atoms with Gasteiger partial charge in [0.15, 0.2) is 11.6 Å². The van der Waals surface area contributed by atoms with E-state index in [4.69, 9.17) is 11.6 Å². The average molecular weight is 212 g/mol. The van der Waals surface area contributed by atoms with E-state index in [0.29, 0.717) is 0 Å². The third kappa shape index (κ3) is 1.61. The van der Waals surface area contributed by atoms with Crippen LogP contribution in [0.3, 0.4) is 0 Å². The van der Waals surface area contributed by atoms with Crippen LogP contribution >= 0.6 is 11.6 Å². The molecule has 0 radical (unpaired) electrons. The van der Waals surface area contributed by atoms with Gasteiger partial charge in [-0.25, -0.2) is 14.1 Å². The van der Waals surface area contributed by atoms with E-state index >= 15 is 0 Å². The van der Waals surface area contributed by atoms with Crippen LogP contribution in [0.5, 0.6) is 0 Å². The molecule has 0 fully saturated rings. The zero-order chi connectivity index (χ0) is 10.1. The number of hydrogen-bond acceptors (Lipinski definition) is 2. The summed E-state index contributed by atoms with van der Waals surface area (Å²) in [4.78, 5) is 3.85. The fourth-order valence-corrected chi connectivity index (χ4v) is 1.25. The van der Waals surface area contributed by atoms with E-state index in [1.54, 1.807) is 12.3 Å². The Morgan fingerprint density at radius 2 is 2.29 bits per heavy atom. The van der Waals surface area contributed by atoms with Gasteiger partial charge in [0.05, 0.1) is 10.7 Å². The van der Waals surface area contributed by atoms with E-state index in [2.05, 4.69) is 10.1 Å². The summed E-state index contributed by atoms with van der Waals surface area (Å²) >= 11 is 5.58. The first-order valence-electron chi connectivity index (χ1n) is 4.00. The molecular formula is C9H7ClFN3. The van der Waals surface area contributed by atoms with Gasteiger partial charge >= 0.3 is 0 Å². The summed E-state index contributed by atoms with van der Waals surface area (Å²) in [6, 6.07) is 2.98. The standard InChI is InChI=1S/C9H7ClFN3/c1-6-2-3-14(13-6)9-8(11)4-7(10)5-12-9/h2-5H,1H3. The van der Waals surface area contributed by atoms with Crippen LogP contribution in [0.1, 0.15) is 5.69 Å². The molecular weight excluding hydrogens is 205 g/mol. The molecule has 2 aromatic heterocycles. The zero-order valence-corrected chi connectivity index (χ0v) is 8.16. The van der Waals surface area contributed by atoms with Crippen molar-refractivity contribution in [2.45, 2.75) is 6.92 Å². The smallest absolute Gasteiger partial charge is 0.189 e. The lowest BCUT2D eigenvalue weighted by molar-refractivity contribution is 0.600. The number of halogens is 2. The van der Waals surface area contributed by atoms with Gasteiger partial charge in [0.25, 0.3) is 0 Å². The van der Waals surface area contributed by atoms with Gasteiger partial charge in [-0.1, -0.05) is 11.6 Å². The van der Waals surface area contributed by atoms with Crippen LogP contribution in [0, 0.1) is 12.7 Å². The first-order chi connectivity index (χ1) is 6.66. The van der Waals surface area contributed by atoms with E-state index in [-0.39, 0.29) is 10.8 Å². The van der Waals surface area contributed by atoms with Crippen LogP contribution in [0.25, 0.3) is 5.82 Å². The predicted octanol–water partition coefficient (Wildman–Crippen LogP) is 2.37. The maximum atomic E-state index is 13.3. The summed E-state index contributed by atoms with van der Waals surface area (Å²) in [6.45, 7) is 1.82. The van der Waals surface area contributed by atoms with Gasteiger partial charge in [-0.3, -0.25) is 0 Å². The molecule has 0 aliphatic heterocycles. The Kier molecular flexibility index (Phi) is 2.21. The van der Waals surface area contributed by atoms with Crippen LogP contribution < -0.4 is 0 Å². The molecule has 5 heteroatoms. The summed E-state index contributed by atoms with van der Waals surface area (Å²) in [5, 5.41) is 4.32. The molecule has 0 N–H and O–H groups in total. The molecule has 72 valence electrons. The summed E-state index contributed by atoms with van der Waals surface area (Å²) < 4.78 is 14.7. The first kappa shape index (κ1) is 9.15. The summed E-state index contributed by atoms with van der Waals surface area (Å²) in [5.41, 5.74) is 0.807. The lowest BCUT2D eigenvalue weighted by Crippen LogP contribution is -2.01. The molecule has 0 atom stereocenters. The van der Waals surface area contributed by atoms with Gasteiger partial charge in [-0.15, -0.1) is 0 Å². The number of rotatable bonds is 1. The first-order valence-corrected chi connectivity index (χ1v) is 4.38. The SMILES string of the molecule is Cc1ccn(-c2ncc(Cl)cc2F)n1. The second-order valence-electron chi connectivity index (χ2n) is 2.86. The Balaban J connectivity index is 2.52. The number of pyridine rings is 1. The minimum absolute atomic E-state index is 0.155. The van der Waals surface area contributed by atoms with Gasteiger partial charge < -0.3 is 0 Å². The van der Waals surface area contributed by atoms with Crippen molar-refractivity contribution in [1.82, 2.24) is 14.8 Å². The van der Waals surface area contributed by atoms with Crippen LogP contribution in [0.4, 0.5) is 4.39 Å².